The molecule has 4 heterocycles. The molecule has 1 aromatic carbocycles. The summed E-state index contributed by atoms with van der Waals surface area (Å²) in [6, 6.07) is 10.0. The Morgan fingerprint density at radius 1 is 0.947 bits per heavy atom. The molecule has 1 aromatic heterocycles. The maximum atomic E-state index is 14.0. The van der Waals surface area contributed by atoms with Gasteiger partial charge in [-0.05, 0) is 93.1 Å². The summed E-state index contributed by atoms with van der Waals surface area (Å²) in [5, 5.41) is 9.37. The zero-order valence-corrected chi connectivity index (χ0v) is 22.5. The Morgan fingerprint density at radius 3 is 2.45 bits per heavy atom. The Morgan fingerprint density at radius 2 is 1.68 bits per heavy atom. The second kappa shape index (κ2) is 8.30. The minimum Gasteiger partial charge on any atom is -0.481 e. The highest BCUT2D eigenvalue weighted by Gasteiger charge is 2.60. The first kappa shape index (κ1) is 23.5. The molecule has 1 N–H and O–H groups in total. The maximum absolute atomic E-state index is 14.0. The van der Waals surface area contributed by atoms with Crippen LogP contribution in [0, 0.1) is 29.1 Å². The fourth-order valence-electron chi connectivity index (χ4n) is 10.2. The number of benzene rings is 1. The molecule has 7 nitrogen and oxygen atoms in total. The number of hydrogen-bond donors (Lipinski definition) is 1. The second-order valence-electron chi connectivity index (χ2n) is 13.9. The molecule has 202 valence electrons. The van der Waals surface area contributed by atoms with Crippen molar-refractivity contribution in [2.45, 2.75) is 95.3 Å². The number of carboxylic acids is 1. The van der Waals surface area contributed by atoms with Crippen LogP contribution >= 0.6 is 0 Å². The van der Waals surface area contributed by atoms with Crippen molar-refractivity contribution in [3.05, 3.63) is 34.6 Å². The van der Waals surface area contributed by atoms with E-state index < -0.39 is 11.9 Å². The van der Waals surface area contributed by atoms with Crippen LogP contribution < -0.4 is 10.5 Å². The van der Waals surface area contributed by atoms with Gasteiger partial charge in [0.05, 0.1) is 17.0 Å². The van der Waals surface area contributed by atoms with Gasteiger partial charge in [0, 0.05) is 37.3 Å². The van der Waals surface area contributed by atoms with Gasteiger partial charge in [0.1, 0.15) is 0 Å². The monoisotopic (exact) mass is 516 g/mol. The smallest absolute Gasteiger partial charge is 0.310 e. The molecule has 4 bridgehead atoms. The molecular formula is C31H40N4O3. The number of aromatic nitrogens is 2. The molecule has 0 amide bonds. The molecule has 6 aliphatic rings. The van der Waals surface area contributed by atoms with Crippen LogP contribution in [0.25, 0.3) is 11.0 Å². The lowest BCUT2D eigenvalue weighted by Gasteiger charge is -2.56. The molecule has 3 saturated heterocycles. The molecule has 38 heavy (non-hydrogen) atoms. The zero-order valence-electron chi connectivity index (χ0n) is 22.5. The molecule has 3 aliphatic heterocycles. The second-order valence-corrected chi connectivity index (χ2v) is 13.9. The van der Waals surface area contributed by atoms with E-state index in [9.17, 15) is 14.7 Å². The number of carboxylic acid groups (broad SMARTS) is 1. The first-order chi connectivity index (χ1) is 18.4. The number of hydrogen-bond acceptors (Lipinski definition) is 5. The van der Waals surface area contributed by atoms with Gasteiger partial charge in [-0.3, -0.25) is 14.5 Å². The van der Waals surface area contributed by atoms with E-state index in [4.69, 9.17) is 4.98 Å². The van der Waals surface area contributed by atoms with Gasteiger partial charge in [0.15, 0.2) is 5.82 Å². The van der Waals surface area contributed by atoms with E-state index in [0.717, 1.165) is 47.7 Å². The normalized spacial score (nSPS) is 40.4. The summed E-state index contributed by atoms with van der Waals surface area (Å²) in [5.41, 5.74) is 2.35. The van der Waals surface area contributed by atoms with E-state index in [0.29, 0.717) is 36.4 Å². The van der Waals surface area contributed by atoms with Gasteiger partial charge >= 0.3 is 5.97 Å². The van der Waals surface area contributed by atoms with Crippen LogP contribution in [0.2, 0.25) is 0 Å². The number of piperidine rings is 2. The molecule has 0 spiro atoms. The molecule has 8 atom stereocenters. The van der Waals surface area contributed by atoms with E-state index >= 15 is 0 Å². The molecule has 8 rings (SSSR count). The standard InChI is InChI=1S/C31H40N4O3/c1-31-15-18-9-20(31)11-21(31)12-24(10-18)34-22-5-4-6-23(34)14-25(13-22)35-27-8-3-2-7-26(27)32-28(29(35)36)33-16-19(17-33)30(37)38/h2-3,7-8,18-25H,4-6,9-17H2,1H3,(H,37,38)/t18-,20+,21+,22-,23+,24-,25?,31?/m1/s1. The third-order valence-corrected chi connectivity index (χ3v) is 12.0. The number of carbonyl (C=O) groups is 1. The Hall–Kier alpha value is -2.41. The molecule has 7 heteroatoms. The molecular weight excluding hydrogens is 476 g/mol. The first-order valence-corrected chi connectivity index (χ1v) is 15.2. The number of anilines is 1. The van der Waals surface area contributed by atoms with Crippen LogP contribution in [0.4, 0.5) is 5.82 Å². The van der Waals surface area contributed by atoms with E-state index in [1.165, 1.54) is 51.4 Å². The molecule has 6 fully saturated rings. The van der Waals surface area contributed by atoms with E-state index in [1.54, 1.807) is 0 Å². The summed E-state index contributed by atoms with van der Waals surface area (Å²) in [7, 11) is 0. The van der Waals surface area contributed by atoms with E-state index in [1.807, 2.05) is 29.2 Å². The Labute approximate surface area is 224 Å². The van der Waals surface area contributed by atoms with Crippen molar-refractivity contribution < 1.29 is 9.90 Å². The third-order valence-electron chi connectivity index (χ3n) is 12.0. The van der Waals surface area contributed by atoms with Crippen LogP contribution in [0.5, 0.6) is 0 Å². The zero-order chi connectivity index (χ0) is 25.8. The van der Waals surface area contributed by atoms with Gasteiger partial charge in [0.25, 0.3) is 5.56 Å². The van der Waals surface area contributed by atoms with E-state index in [2.05, 4.69) is 16.4 Å². The van der Waals surface area contributed by atoms with Crippen LogP contribution in [0.15, 0.2) is 29.1 Å². The third kappa shape index (κ3) is 3.32. The number of aliphatic carboxylic acids is 1. The summed E-state index contributed by atoms with van der Waals surface area (Å²) in [4.78, 5) is 35.0. The highest BCUT2D eigenvalue weighted by atomic mass is 16.4. The Balaban J connectivity index is 1.11. The van der Waals surface area contributed by atoms with Crippen LogP contribution in [0.3, 0.4) is 0 Å². The van der Waals surface area contributed by atoms with Gasteiger partial charge < -0.3 is 14.6 Å². The summed E-state index contributed by atoms with van der Waals surface area (Å²) >= 11 is 0. The fraction of sp³-hybridized carbons (Fsp3) is 0.710. The van der Waals surface area contributed by atoms with Crippen LogP contribution in [-0.2, 0) is 4.79 Å². The van der Waals surface area contributed by atoms with Crippen molar-refractivity contribution in [2.75, 3.05) is 18.0 Å². The first-order valence-electron chi connectivity index (χ1n) is 15.2. The van der Waals surface area contributed by atoms with Crippen molar-refractivity contribution >= 4 is 22.8 Å². The summed E-state index contributed by atoms with van der Waals surface area (Å²) in [6.07, 6.45) is 13.0. The van der Waals surface area contributed by atoms with Crippen molar-refractivity contribution in [1.29, 1.82) is 0 Å². The molecule has 2 unspecified atom stereocenters. The Bertz CT molecular complexity index is 1340. The molecule has 3 saturated carbocycles. The van der Waals surface area contributed by atoms with Crippen molar-refractivity contribution in [1.82, 2.24) is 14.5 Å². The lowest BCUT2D eigenvalue weighted by Crippen LogP contribution is -2.59. The Kier molecular flexibility index (Phi) is 5.12. The van der Waals surface area contributed by atoms with Crippen molar-refractivity contribution in [2.24, 2.45) is 29.1 Å². The largest absolute Gasteiger partial charge is 0.481 e. The minimum absolute atomic E-state index is 0.0377. The van der Waals surface area contributed by atoms with Crippen LogP contribution in [-0.4, -0.2) is 56.7 Å². The lowest BCUT2D eigenvalue weighted by molar-refractivity contribution is -0.142. The number of nitrogens with zero attached hydrogens (tertiary/aromatic N) is 4. The SMILES string of the molecule is CC12C[C@H]3C[C@@H](N4[C@@H]5CCC[C@H]4CC(n4c(=O)c(N6CC(C(=O)O)C6)nc6ccccc64)C5)C[C@@H]1C[C@@H]2C3. The average Bonchev–Trinajstić information content (AvgIpc) is 3.02. The maximum Gasteiger partial charge on any atom is 0.310 e. The predicted molar refractivity (Wildman–Crippen MR) is 146 cm³/mol. The van der Waals surface area contributed by atoms with E-state index in [-0.39, 0.29) is 11.6 Å². The van der Waals surface area contributed by atoms with Crippen molar-refractivity contribution in [3.8, 4) is 0 Å². The topological polar surface area (TPSA) is 78.7 Å². The number of para-hydroxylation sites is 2. The van der Waals surface area contributed by atoms with Crippen molar-refractivity contribution in [3.63, 3.8) is 0 Å². The van der Waals surface area contributed by atoms with Gasteiger partial charge in [-0.25, -0.2) is 4.98 Å². The molecule has 0 radical (unpaired) electrons. The number of fused-ring (bicyclic) bond motifs is 4. The fourth-order valence-corrected chi connectivity index (χ4v) is 10.2. The average molecular weight is 517 g/mol. The number of rotatable bonds is 4. The van der Waals surface area contributed by atoms with Crippen LogP contribution in [0.1, 0.15) is 77.2 Å². The predicted octanol–water partition coefficient (Wildman–Crippen LogP) is 4.69. The summed E-state index contributed by atoms with van der Waals surface area (Å²) < 4.78 is 2.06. The van der Waals surface area contributed by atoms with Gasteiger partial charge in [-0.15, -0.1) is 0 Å². The highest BCUT2D eigenvalue weighted by molar-refractivity contribution is 5.78. The lowest BCUT2D eigenvalue weighted by atomic mass is 9.54. The summed E-state index contributed by atoms with van der Waals surface area (Å²) in [6.45, 7) is 3.32. The van der Waals surface area contributed by atoms with Gasteiger partial charge in [-0.2, -0.15) is 0 Å². The quantitative estimate of drug-likeness (QED) is 0.635. The highest BCUT2D eigenvalue weighted by Crippen LogP contribution is 2.67. The minimum atomic E-state index is -0.791. The summed E-state index contributed by atoms with van der Waals surface area (Å²) in [5.74, 6) is 2.07. The van der Waals surface area contributed by atoms with Gasteiger partial charge in [-0.1, -0.05) is 25.5 Å². The molecule has 3 aliphatic carbocycles. The van der Waals surface area contributed by atoms with Gasteiger partial charge in [0.2, 0.25) is 0 Å². The molecule has 2 aromatic rings.